The number of primary amides is 1. The molecule has 0 rings (SSSR count). The minimum atomic E-state index is -0.526. The van der Waals surface area contributed by atoms with Crippen LogP contribution in [0.15, 0.2) is 0 Å². The zero-order valence-electron chi connectivity index (χ0n) is 12.3. The lowest BCUT2D eigenvalue weighted by Crippen LogP contribution is -2.47. The molecule has 0 aromatic carbocycles. The standard InChI is InChI=1S/C13H26N2O3/c1-9(2)7-15(8-11(14)16)10(3)12(17)18-13(4,5)6/h9-10H,7-8H2,1-6H3,(H2,14,16). The zero-order valence-corrected chi connectivity index (χ0v) is 12.3. The van der Waals surface area contributed by atoms with Gasteiger partial charge in [-0.1, -0.05) is 13.8 Å². The lowest BCUT2D eigenvalue weighted by molar-refractivity contribution is -0.161. The number of carbonyl (C=O) groups is 2. The Morgan fingerprint density at radius 3 is 2.06 bits per heavy atom. The van der Waals surface area contributed by atoms with E-state index in [4.69, 9.17) is 10.5 Å². The first-order chi connectivity index (χ1) is 8.03. The predicted molar refractivity (Wildman–Crippen MR) is 70.9 cm³/mol. The molecule has 0 fully saturated rings. The average Bonchev–Trinajstić information content (AvgIpc) is 2.11. The van der Waals surface area contributed by atoms with Gasteiger partial charge in [0.15, 0.2) is 0 Å². The molecule has 0 aliphatic heterocycles. The number of rotatable bonds is 6. The Bertz CT molecular complexity index is 295. The van der Waals surface area contributed by atoms with Crippen LogP contribution in [0.5, 0.6) is 0 Å². The van der Waals surface area contributed by atoms with E-state index in [9.17, 15) is 9.59 Å². The molecule has 0 spiro atoms. The third kappa shape index (κ3) is 7.27. The van der Waals surface area contributed by atoms with Gasteiger partial charge in [-0.2, -0.15) is 0 Å². The fourth-order valence-electron chi connectivity index (χ4n) is 1.56. The molecule has 0 bridgehead atoms. The third-order valence-corrected chi connectivity index (χ3v) is 2.25. The van der Waals surface area contributed by atoms with E-state index in [1.54, 1.807) is 11.8 Å². The number of ether oxygens (including phenoxy) is 1. The molecule has 0 saturated carbocycles. The first kappa shape index (κ1) is 16.9. The van der Waals surface area contributed by atoms with Gasteiger partial charge < -0.3 is 10.5 Å². The van der Waals surface area contributed by atoms with Crippen LogP contribution >= 0.6 is 0 Å². The van der Waals surface area contributed by atoms with Crippen molar-refractivity contribution in [3.8, 4) is 0 Å². The van der Waals surface area contributed by atoms with Crippen LogP contribution in [0.2, 0.25) is 0 Å². The Labute approximate surface area is 110 Å². The van der Waals surface area contributed by atoms with Crippen molar-refractivity contribution in [1.82, 2.24) is 4.90 Å². The maximum atomic E-state index is 11.9. The number of amides is 1. The van der Waals surface area contributed by atoms with Crippen LogP contribution in [0.3, 0.4) is 0 Å². The lowest BCUT2D eigenvalue weighted by Gasteiger charge is -2.30. The van der Waals surface area contributed by atoms with E-state index in [0.717, 1.165) is 0 Å². The van der Waals surface area contributed by atoms with E-state index < -0.39 is 17.6 Å². The molecule has 106 valence electrons. The van der Waals surface area contributed by atoms with Crippen LogP contribution in [-0.4, -0.2) is 41.5 Å². The molecule has 1 unspecified atom stereocenters. The summed E-state index contributed by atoms with van der Waals surface area (Å²) >= 11 is 0. The quantitative estimate of drug-likeness (QED) is 0.726. The summed E-state index contributed by atoms with van der Waals surface area (Å²) in [5, 5.41) is 0. The smallest absolute Gasteiger partial charge is 0.323 e. The largest absolute Gasteiger partial charge is 0.459 e. The van der Waals surface area contributed by atoms with E-state index >= 15 is 0 Å². The number of nitrogens with zero attached hydrogens (tertiary/aromatic N) is 1. The molecule has 1 amide bonds. The molecule has 0 aliphatic carbocycles. The summed E-state index contributed by atoms with van der Waals surface area (Å²) in [5.74, 6) is -0.426. The Morgan fingerprint density at radius 1 is 1.22 bits per heavy atom. The fraction of sp³-hybridized carbons (Fsp3) is 0.846. The number of esters is 1. The van der Waals surface area contributed by atoms with Crippen molar-refractivity contribution in [2.24, 2.45) is 11.7 Å². The highest BCUT2D eigenvalue weighted by molar-refractivity contribution is 5.79. The normalized spacial score (nSPS) is 13.8. The highest BCUT2D eigenvalue weighted by Crippen LogP contribution is 2.12. The topological polar surface area (TPSA) is 72.6 Å². The number of hydrogen-bond acceptors (Lipinski definition) is 4. The summed E-state index contributed by atoms with van der Waals surface area (Å²) in [7, 11) is 0. The third-order valence-electron chi connectivity index (χ3n) is 2.25. The molecule has 2 N–H and O–H groups in total. The maximum absolute atomic E-state index is 11.9. The van der Waals surface area contributed by atoms with E-state index in [1.807, 2.05) is 34.6 Å². The SMILES string of the molecule is CC(C)CN(CC(N)=O)C(C)C(=O)OC(C)(C)C. The van der Waals surface area contributed by atoms with Gasteiger partial charge in [0.1, 0.15) is 11.6 Å². The second-order valence-corrected chi connectivity index (χ2v) is 6.00. The second-order valence-electron chi connectivity index (χ2n) is 6.00. The number of nitrogens with two attached hydrogens (primary N) is 1. The van der Waals surface area contributed by atoms with Crippen LogP contribution in [0.1, 0.15) is 41.5 Å². The van der Waals surface area contributed by atoms with Gasteiger partial charge in [0.05, 0.1) is 6.54 Å². The summed E-state index contributed by atoms with van der Waals surface area (Å²) in [6.07, 6.45) is 0. The summed E-state index contributed by atoms with van der Waals surface area (Å²) in [6.45, 7) is 11.9. The van der Waals surface area contributed by atoms with Crippen LogP contribution < -0.4 is 5.73 Å². The van der Waals surface area contributed by atoms with Gasteiger partial charge in [-0.15, -0.1) is 0 Å². The second kappa shape index (κ2) is 6.73. The van der Waals surface area contributed by atoms with Crippen molar-refractivity contribution in [3.63, 3.8) is 0 Å². The lowest BCUT2D eigenvalue weighted by atomic mass is 10.1. The monoisotopic (exact) mass is 258 g/mol. The molecule has 0 heterocycles. The van der Waals surface area contributed by atoms with E-state index in [1.165, 1.54) is 0 Å². The maximum Gasteiger partial charge on any atom is 0.323 e. The van der Waals surface area contributed by atoms with Gasteiger partial charge in [-0.05, 0) is 33.6 Å². The number of hydrogen-bond donors (Lipinski definition) is 1. The molecule has 5 heteroatoms. The van der Waals surface area contributed by atoms with E-state index in [-0.39, 0.29) is 12.5 Å². The van der Waals surface area contributed by atoms with Gasteiger partial charge in [0.2, 0.25) is 5.91 Å². The zero-order chi connectivity index (χ0) is 14.5. The molecule has 0 aromatic rings. The first-order valence-corrected chi connectivity index (χ1v) is 6.28. The molecule has 0 radical (unpaired) electrons. The highest BCUT2D eigenvalue weighted by atomic mass is 16.6. The molecule has 0 aromatic heterocycles. The Kier molecular flexibility index (Phi) is 6.32. The van der Waals surface area contributed by atoms with Gasteiger partial charge in [0, 0.05) is 6.54 Å². The van der Waals surface area contributed by atoms with Crippen molar-refractivity contribution in [2.75, 3.05) is 13.1 Å². The van der Waals surface area contributed by atoms with Crippen LogP contribution in [0.25, 0.3) is 0 Å². The van der Waals surface area contributed by atoms with Gasteiger partial charge in [-0.25, -0.2) is 0 Å². The molecule has 5 nitrogen and oxygen atoms in total. The van der Waals surface area contributed by atoms with Gasteiger partial charge in [0.25, 0.3) is 0 Å². The van der Waals surface area contributed by atoms with Crippen LogP contribution in [0, 0.1) is 5.92 Å². The molecular formula is C13H26N2O3. The summed E-state index contributed by atoms with van der Waals surface area (Å²) in [5.41, 5.74) is 4.68. The Balaban J connectivity index is 4.67. The molecule has 1 atom stereocenters. The minimum Gasteiger partial charge on any atom is -0.459 e. The van der Waals surface area contributed by atoms with Crippen molar-refractivity contribution in [1.29, 1.82) is 0 Å². The molecular weight excluding hydrogens is 232 g/mol. The van der Waals surface area contributed by atoms with Gasteiger partial charge in [-0.3, -0.25) is 14.5 Å². The summed E-state index contributed by atoms with van der Waals surface area (Å²) < 4.78 is 5.31. The number of carbonyl (C=O) groups excluding carboxylic acids is 2. The average molecular weight is 258 g/mol. The molecule has 0 saturated heterocycles. The van der Waals surface area contributed by atoms with E-state index in [0.29, 0.717) is 12.5 Å². The van der Waals surface area contributed by atoms with Crippen molar-refractivity contribution in [3.05, 3.63) is 0 Å². The summed E-state index contributed by atoms with van der Waals surface area (Å²) in [6, 6.07) is -0.473. The van der Waals surface area contributed by atoms with Crippen LogP contribution in [-0.2, 0) is 14.3 Å². The summed E-state index contributed by atoms with van der Waals surface area (Å²) in [4.78, 5) is 24.7. The van der Waals surface area contributed by atoms with Gasteiger partial charge >= 0.3 is 5.97 Å². The van der Waals surface area contributed by atoms with Crippen LogP contribution in [0.4, 0.5) is 0 Å². The minimum absolute atomic E-state index is 0.0680. The highest BCUT2D eigenvalue weighted by Gasteiger charge is 2.27. The first-order valence-electron chi connectivity index (χ1n) is 6.28. The van der Waals surface area contributed by atoms with Crippen molar-refractivity contribution < 1.29 is 14.3 Å². The fourth-order valence-corrected chi connectivity index (χ4v) is 1.56. The predicted octanol–water partition coefficient (Wildman–Crippen LogP) is 1.16. The van der Waals surface area contributed by atoms with E-state index in [2.05, 4.69) is 0 Å². The van der Waals surface area contributed by atoms with Crippen molar-refractivity contribution in [2.45, 2.75) is 53.2 Å². The Hall–Kier alpha value is -1.10. The molecule has 18 heavy (non-hydrogen) atoms. The molecule has 0 aliphatic rings. The Morgan fingerprint density at radius 2 is 1.72 bits per heavy atom. The van der Waals surface area contributed by atoms with Crippen molar-refractivity contribution >= 4 is 11.9 Å².